The van der Waals surface area contributed by atoms with E-state index in [0.29, 0.717) is 17.1 Å². The van der Waals surface area contributed by atoms with Gasteiger partial charge in [-0.25, -0.2) is 4.79 Å². The van der Waals surface area contributed by atoms with Crippen molar-refractivity contribution in [3.8, 4) is 5.75 Å². The van der Waals surface area contributed by atoms with Crippen LogP contribution in [-0.4, -0.2) is 23.9 Å². The van der Waals surface area contributed by atoms with E-state index in [0.717, 1.165) is 6.07 Å². The highest BCUT2D eigenvalue weighted by molar-refractivity contribution is 6.03. The number of methoxy groups -OCH3 is 1. The molecule has 0 radical (unpaired) electrons. The number of rotatable bonds is 8. The Kier molecular flexibility index (Phi) is 6.79. The number of nitro benzene ring substituents is 1. The third-order valence-corrected chi connectivity index (χ3v) is 4.14. The lowest BCUT2D eigenvalue weighted by molar-refractivity contribution is -0.384. The molecule has 1 amide bonds. The molecule has 0 saturated heterocycles. The van der Waals surface area contributed by atoms with Crippen molar-refractivity contribution in [3.63, 3.8) is 0 Å². The maximum Gasteiger partial charge on any atom is 0.355 e. The van der Waals surface area contributed by atoms with Crippen LogP contribution in [0, 0.1) is 10.1 Å². The Hall–Kier alpha value is -4.40. The summed E-state index contributed by atoms with van der Waals surface area (Å²) in [6, 6.07) is 15.2. The molecule has 0 atom stereocenters. The fourth-order valence-corrected chi connectivity index (χ4v) is 2.58. The minimum Gasteiger partial charge on any atom is -0.497 e. The summed E-state index contributed by atoms with van der Waals surface area (Å²) in [4.78, 5) is 35.6. The van der Waals surface area contributed by atoms with Gasteiger partial charge in [0.2, 0.25) is 0 Å². The Morgan fingerprint density at radius 2 is 1.90 bits per heavy atom. The van der Waals surface area contributed by atoms with Crippen LogP contribution in [0.25, 0.3) is 6.08 Å². The summed E-state index contributed by atoms with van der Waals surface area (Å²) in [5.74, 6) is -0.439. The van der Waals surface area contributed by atoms with E-state index >= 15 is 0 Å². The SMILES string of the molecule is COc1ccc(C=C(NC(=O)c2cccc([N+](=O)[O-])c2)C(=O)OCc2ccco2)cc1. The lowest BCUT2D eigenvalue weighted by Crippen LogP contribution is -2.28. The minimum atomic E-state index is -0.800. The van der Waals surface area contributed by atoms with Crippen molar-refractivity contribution in [2.45, 2.75) is 6.61 Å². The summed E-state index contributed by atoms with van der Waals surface area (Å²) in [6.07, 6.45) is 2.88. The van der Waals surface area contributed by atoms with Crippen molar-refractivity contribution in [1.82, 2.24) is 5.32 Å². The number of benzene rings is 2. The average molecular weight is 422 g/mol. The summed E-state index contributed by atoms with van der Waals surface area (Å²) < 4.78 is 15.5. The molecule has 9 heteroatoms. The molecule has 1 N–H and O–H groups in total. The van der Waals surface area contributed by atoms with Crippen molar-refractivity contribution in [2.24, 2.45) is 0 Å². The number of nitro groups is 1. The zero-order valence-electron chi connectivity index (χ0n) is 16.4. The molecule has 3 aromatic rings. The summed E-state index contributed by atoms with van der Waals surface area (Å²) in [7, 11) is 1.53. The van der Waals surface area contributed by atoms with Crippen molar-refractivity contribution >= 4 is 23.6 Å². The van der Waals surface area contributed by atoms with Gasteiger partial charge in [0, 0.05) is 17.7 Å². The van der Waals surface area contributed by atoms with E-state index in [-0.39, 0.29) is 23.6 Å². The van der Waals surface area contributed by atoms with E-state index in [4.69, 9.17) is 13.9 Å². The molecular formula is C22H18N2O7. The third-order valence-electron chi connectivity index (χ3n) is 4.14. The quantitative estimate of drug-likeness (QED) is 0.254. The molecule has 9 nitrogen and oxygen atoms in total. The van der Waals surface area contributed by atoms with Crippen molar-refractivity contribution in [3.05, 3.63) is 99.6 Å². The number of non-ortho nitro benzene ring substituents is 1. The van der Waals surface area contributed by atoms with E-state index in [2.05, 4.69) is 5.32 Å². The van der Waals surface area contributed by atoms with Gasteiger partial charge in [-0.1, -0.05) is 18.2 Å². The van der Waals surface area contributed by atoms with Crippen LogP contribution in [0.5, 0.6) is 5.75 Å². The molecule has 0 spiro atoms. The maximum atomic E-state index is 12.6. The Morgan fingerprint density at radius 1 is 1.13 bits per heavy atom. The zero-order chi connectivity index (χ0) is 22.2. The van der Waals surface area contributed by atoms with Crippen LogP contribution in [-0.2, 0) is 16.1 Å². The van der Waals surface area contributed by atoms with Crippen LogP contribution < -0.4 is 10.1 Å². The third kappa shape index (κ3) is 5.80. The first kappa shape index (κ1) is 21.3. The average Bonchev–Trinajstić information content (AvgIpc) is 3.31. The predicted molar refractivity (Wildman–Crippen MR) is 110 cm³/mol. The molecule has 0 saturated carbocycles. The Morgan fingerprint density at radius 3 is 2.55 bits per heavy atom. The van der Waals surface area contributed by atoms with Crippen LogP contribution in [0.2, 0.25) is 0 Å². The number of hydrogen-bond acceptors (Lipinski definition) is 7. The lowest BCUT2D eigenvalue weighted by atomic mass is 10.1. The van der Waals surface area contributed by atoms with Gasteiger partial charge in [0.25, 0.3) is 11.6 Å². The molecular weight excluding hydrogens is 404 g/mol. The first-order valence-electron chi connectivity index (χ1n) is 9.07. The number of nitrogens with zero attached hydrogens (tertiary/aromatic N) is 1. The lowest BCUT2D eigenvalue weighted by Gasteiger charge is -2.10. The van der Waals surface area contributed by atoms with Gasteiger partial charge in [-0.2, -0.15) is 0 Å². The second-order valence-corrected chi connectivity index (χ2v) is 6.25. The number of carbonyl (C=O) groups is 2. The Bertz CT molecular complexity index is 1100. The number of carbonyl (C=O) groups excluding carboxylic acids is 2. The largest absolute Gasteiger partial charge is 0.497 e. The first-order chi connectivity index (χ1) is 15.0. The zero-order valence-corrected chi connectivity index (χ0v) is 16.4. The second-order valence-electron chi connectivity index (χ2n) is 6.25. The van der Waals surface area contributed by atoms with Crippen LogP contribution in [0.3, 0.4) is 0 Å². The molecule has 1 aromatic heterocycles. The number of nitrogens with one attached hydrogen (secondary N) is 1. The monoisotopic (exact) mass is 422 g/mol. The maximum absolute atomic E-state index is 12.6. The highest BCUT2D eigenvalue weighted by atomic mass is 16.6. The van der Waals surface area contributed by atoms with Gasteiger partial charge in [-0.05, 0) is 42.0 Å². The summed E-state index contributed by atoms with van der Waals surface area (Å²) in [6.45, 7) is -0.127. The highest BCUT2D eigenvalue weighted by Crippen LogP contribution is 2.16. The predicted octanol–water partition coefficient (Wildman–Crippen LogP) is 3.71. The number of hydrogen-bond donors (Lipinski definition) is 1. The summed E-state index contributed by atoms with van der Waals surface area (Å²) in [5.41, 5.74) is 0.237. The van der Waals surface area contributed by atoms with E-state index in [1.807, 2.05) is 0 Å². The van der Waals surface area contributed by atoms with E-state index in [1.165, 1.54) is 37.6 Å². The van der Waals surface area contributed by atoms with Crippen LogP contribution in [0.15, 0.2) is 77.0 Å². The van der Waals surface area contributed by atoms with Crippen LogP contribution >= 0.6 is 0 Å². The normalized spacial score (nSPS) is 10.9. The second kappa shape index (κ2) is 9.88. The van der Waals surface area contributed by atoms with Crippen molar-refractivity contribution in [2.75, 3.05) is 7.11 Å². The highest BCUT2D eigenvalue weighted by Gasteiger charge is 2.18. The fraction of sp³-hybridized carbons (Fsp3) is 0.0909. The number of ether oxygens (including phenoxy) is 2. The molecule has 31 heavy (non-hydrogen) atoms. The van der Waals surface area contributed by atoms with Crippen LogP contribution in [0.1, 0.15) is 21.7 Å². The standard InChI is InChI=1S/C22H18N2O7/c1-29-18-9-7-15(8-10-18)12-20(22(26)31-14-19-6-3-11-30-19)23-21(25)16-4-2-5-17(13-16)24(27)28/h2-13H,14H2,1H3,(H,23,25). The Balaban J connectivity index is 1.84. The Labute approximate surface area is 177 Å². The van der Waals surface area contributed by atoms with Gasteiger partial charge in [-0.3, -0.25) is 14.9 Å². The molecule has 0 aliphatic rings. The molecule has 1 heterocycles. The van der Waals surface area contributed by atoms with Crippen molar-refractivity contribution < 1.29 is 28.4 Å². The van der Waals surface area contributed by atoms with Gasteiger partial charge < -0.3 is 19.2 Å². The molecule has 3 rings (SSSR count). The van der Waals surface area contributed by atoms with Gasteiger partial charge in [0.05, 0.1) is 18.3 Å². The van der Waals surface area contributed by atoms with Gasteiger partial charge in [0.1, 0.15) is 23.8 Å². The number of amides is 1. The number of esters is 1. The fourth-order valence-electron chi connectivity index (χ4n) is 2.58. The molecule has 0 aliphatic carbocycles. The van der Waals surface area contributed by atoms with Gasteiger partial charge in [0.15, 0.2) is 0 Å². The summed E-state index contributed by atoms with van der Waals surface area (Å²) in [5, 5.41) is 13.4. The molecule has 0 bridgehead atoms. The molecule has 158 valence electrons. The topological polar surface area (TPSA) is 121 Å². The van der Waals surface area contributed by atoms with E-state index in [9.17, 15) is 19.7 Å². The van der Waals surface area contributed by atoms with Gasteiger partial charge >= 0.3 is 5.97 Å². The molecule has 0 aliphatic heterocycles. The molecule has 0 fully saturated rings. The van der Waals surface area contributed by atoms with Crippen LogP contribution in [0.4, 0.5) is 5.69 Å². The van der Waals surface area contributed by atoms with E-state index < -0.39 is 16.8 Å². The van der Waals surface area contributed by atoms with E-state index in [1.54, 1.807) is 36.4 Å². The van der Waals surface area contributed by atoms with Gasteiger partial charge in [-0.15, -0.1) is 0 Å². The number of furan rings is 1. The van der Waals surface area contributed by atoms with Crippen molar-refractivity contribution in [1.29, 1.82) is 0 Å². The smallest absolute Gasteiger partial charge is 0.355 e. The molecule has 2 aromatic carbocycles. The molecule has 0 unspecified atom stereocenters. The first-order valence-corrected chi connectivity index (χ1v) is 9.07. The minimum absolute atomic E-state index is 0.0219. The summed E-state index contributed by atoms with van der Waals surface area (Å²) >= 11 is 0.